The van der Waals surface area contributed by atoms with E-state index in [-0.39, 0.29) is 5.91 Å². The highest BCUT2D eigenvalue weighted by molar-refractivity contribution is 7.98. The van der Waals surface area contributed by atoms with Gasteiger partial charge in [-0.1, -0.05) is 12.1 Å². The Kier molecular flexibility index (Phi) is 7.39. The Balaban J connectivity index is 1.45. The highest BCUT2D eigenvalue weighted by Crippen LogP contribution is 2.24. The van der Waals surface area contributed by atoms with Crippen LogP contribution in [0.15, 0.2) is 45.6 Å². The molecule has 1 amide bonds. The zero-order chi connectivity index (χ0) is 19.9. The number of nitrogens with one attached hydrogen (secondary N) is 1. The van der Waals surface area contributed by atoms with Gasteiger partial charge in [-0.15, -0.1) is 23.1 Å². The Labute approximate surface area is 175 Å². The fraction of sp³-hybridized carbons (Fsp3) is 0.429. The fourth-order valence-electron chi connectivity index (χ4n) is 3.37. The number of carbonyl (C=O) groups is 1. The third-order valence-corrected chi connectivity index (χ3v) is 6.70. The molecule has 5 nitrogen and oxygen atoms in total. The Hall–Kier alpha value is -1.99. The molecule has 0 atom stereocenters. The average Bonchev–Trinajstić information content (AvgIpc) is 3.19. The summed E-state index contributed by atoms with van der Waals surface area (Å²) >= 11 is 3.54. The van der Waals surface area contributed by atoms with E-state index >= 15 is 0 Å². The van der Waals surface area contributed by atoms with E-state index in [1.54, 1.807) is 30.1 Å². The zero-order valence-electron chi connectivity index (χ0n) is 16.8. The number of nitrogens with zero attached hydrogens (tertiary/aromatic N) is 3. The maximum atomic E-state index is 12.6. The van der Waals surface area contributed by atoms with Crippen LogP contribution in [-0.2, 0) is 24.3 Å². The summed E-state index contributed by atoms with van der Waals surface area (Å²) in [7, 11) is 3.79. The second-order valence-corrected chi connectivity index (χ2v) is 8.74. The molecule has 0 saturated carbocycles. The van der Waals surface area contributed by atoms with Crippen molar-refractivity contribution in [2.45, 2.75) is 30.8 Å². The minimum absolute atomic E-state index is 0.204. The monoisotopic (exact) mass is 416 g/mol. The number of aliphatic imine (C=N–C) groups is 1. The summed E-state index contributed by atoms with van der Waals surface area (Å²) < 4.78 is 0. The molecule has 0 radical (unpaired) electrons. The van der Waals surface area contributed by atoms with Gasteiger partial charge in [0.1, 0.15) is 0 Å². The molecule has 0 bridgehead atoms. The van der Waals surface area contributed by atoms with Crippen LogP contribution in [0.4, 0.5) is 0 Å². The predicted octanol–water partition coefficient (Wildman–Crippen LogP) is 3.45. The van der Waals surface area contributed by atoms with Crippen molar-refractivity contribution >= 4 is 35.0 Å². The Bertz CT molecular complexity index is 816. The fourth-order valence-corrected chi connectivity index (χ4v) is 4.66. The van der Waals surface area contributed by atoms with Crippen LogP contribution in [0.1, 0.15) is 22.4 Å². The number of thiophene rings is 1. The van der Waals surface area contributed by atoms with E-state index in [2.05, 4.69) is 57.2 Å². The number of amides is 1. The largest absolute Gasteiger partial charge is 0.356 e. The van der Waals surface area contributed by atoms with Crippen LogP contribution < -0.4 is 5.32 Å². The summed E-state index contributed by atoms with van der Waals surface area (Å²) in [6.45, 7) is 2.94. The van der Waals surface area contributed by atoms with Crippen molar-refractivity contribution in [2.75, 3.05) is 33.4 Å². The van der Waals surface area contributed by atoms with Gasteiger partial charge >= 0.3 is 0 Å². The van der Waals surface area contributed by atoms with Gasteiger partial charge in [0.05, 0.1) is 0 Å². The van der Waals surface area contributed by atoms with Gasteiger partial charge in [0.2, 0.25) is 5.91 Å². The number of guanidine groups is 1. The molecule has 1 aliphatic rings. The second kappa shape index (κ2) is 9.98. The number of hydrogen-bond acceptors (Lipinski definition) is 4. The summed E-state index contributed by atoms with van der Waals surface area (Å²) in [5.41, 5.74) is 2.54. The number of thioether (sulfide) groups is 1. The summed E-state index contributed by atoms with van der Waals surface area (Å²) in [5.74, 6) is 1.01. The SMILES string of the molecule is CN=C(NCCC(=O)N1CCc2sccc2C1)N(C)Cc1ccc(SC)cc1. The van der Waals surface area contributed by atoms with Gasteiger partial charge < -0.3 is 15.1 Å². The van der Waals surface area contributed by atoms with Crippen LogP contribution in [-0.4, -0.2) is 55.1 Å². The number of carbonyl (C=O) groups excluding carboxylic acids is 1. The first-order valence-corrected chi connectivity index (χ1v) is 11.6. The van der Waals surface area contributed by atoms with E-state index < -0.39 is 0 Å². The number of benzene rings is 1. The first-order valence-electron chi connectivity index (χ1n) is 9.48. The number of rotatable bonds is 6. The van der Waals surface area contributed by atoms with Gasteiger partial charge in [-0.2, -0.15) is 0 Å². The summed E-state index contributed by atoms with van der Waals surface area (Å²) in [6.07, 6.45) is 3.54. The molecule has 0 spiro atoms. The Morgan fingerprint density at radius 1 is 1.32 bits per heavy atom. The average molecular weight is 417 g/mol. The lowest BCUT2D eigenvalue weighted by molar-refractivity contribution is -0.131. The maximum absolute atomic E-state index is 12.6. The van der Waals surface area contributed by atoms with E-state index in [0.29, 0.717) is 13.0 Å². The molecule has 7 heteroatoms. The molecule has 150 valence electrons. The van der Waals surface area contributed by atoms with E-state index in [9.17, 15) is 4.79 Å². The first-order chi connectivity index (χ1) is 13.6. The molecule has 0 saturated heterocycles. The lowest BCUT2D eigenvalue weighted by Gasteiger charge is -2.27. The van der Waals surface area contributed by atoms with Gasteiger partial charge in [0, 0.05) is 56.5 Å². The molecule has 0 unspecified atom stereocenters. The minimum Gasteiger partial charge on any atom is -0.356 e. The molecule has 1 aliphatic heterocycles. The van der Waals surface area contributed by atoms with Crippen molar-refractivity contribution in [1.82, 2.24) is 15.1 Å². The molecule has 3 rings (SSSR count). The van der Waals surface area contributed by atoms with Crippen LogP contribution >= 0.6 is 23.1 Å². The van der Waals surface area contributed by atoms with Gasteiger partial charge in [-0.3, -0.25) is 9.79 Å². The molecule has 28 heavy (non-hydrogen) atoms. The Morgan fingerprint density at radius 2 is 2.11 bits per heavy atom. The van der Waals surface area contributed by atoms with Crippen LogP contribution in [0.2, 0.25) is 0 Å². The van der Waals surface area contributed by atoms with Crippen molar-refractivity contribution in [2.24, 2.45) is 4.99 Å². The predicted molar refractivity (Wildman–Crippen MR) is 119 cm³/mol. The Morgan fingerprint density at radius 3 is 2.82 bits per heavy atom. The molecule has 2 heterocycles. The lowest BCUT2D eigenvalue weighted by Crippen LogP contribution is -2.41. The molecule has 0 aliphatic carbocycles. The normalized spacial score (nSPS) is 14.0. The van der Waals surface area contributed by atoms with Crippen LogP contribution in [0.5, 0.6) is 0 Å². The zero-order valence-corrected chi connectivity index (χ0v) is 18.4. The molecular weight excluding hydrogens is 388 g/mol. The van der Waals surface area contributed by atoms with Crippen LogP contribution in [0.25, 0.3) is 0 Å². The molecule has 2 aromatic rings. The van der Waals surface area contributed by atoms with Gasteiger partial charge in [0.15, 0.2) is 5.96 Å². The first kappa shape index (κ1) is 20.7. The van der Waals surface area contributed by atoms with Crippen molar-refractivity contribution in [3.63, 3.8) is 0 Å². The van der Waals surface area contributed by atoms with E-state index in [4.69, 9.17) is 0 Å². The molecule has 0 fully saturated rings. The van der Waals surface area contributed by atoms with E-state index in [1.165, 1.54) is 20.9 Å². The highest BCUT2D eigenvalue weighted by atomic mass is 32.2. The van der Waals surface area contributed by atoms with Crippen molar-refractivity contribution in [3.8, 4) is 0 Å². The topological polar surface area (TPSA) is 47.9 Å². The highest BCUT2D eigenvalue weighted by Gasteiger charge is 2.21. The third kappa shape index (κ3) is 5.29. The summed E-state index contributed by atoms with van der Waals surface area (Å²) in [4.78, 5) is 23.6. The van der Waals surface area contributed by atoms with Crippen molar-refractivity contribution in [1.29, 1.82) is 0 Å². The third-order valence-electron chi connectivity index (χ3n) is 4.93. The number of hydrogen-bond donors (Lipinski definition) is 1. The van der Waals surface area contributed by atoms with Gasteiger partial charge in [-0.25, -0.2) is 0 Å². The van der Waals surface area contributed by atoms with Gasteiger partial charge in [-0.05, 0) is 47.4 Å². The summed E-state index contributed by atoms with van der Waals surface area (Å²) in [6, 6.07) is 10.7. The summed E-state index contributed by atoms with van der Waals surface area (Å²) in [5, 5.41) is 5.44. The van der Waals surface area contributed by atoms with E-state index in [1.807, 2.05) is 11.9 Å². The molecule has 1 aromatic heterocycles. The smallest absolute Gasteiger partial charge is 0.224 e. The van der Waals surface area contributed by atoms with E-state index in [0.717, 1.165) is 32.0 Å². The molecular formula is C21H28N4OS2. The van der Waals surface area contributed by atoms with Crippen LogP contribution in [0, 0.1) is 0 Å². The quantitative estimate of drug-likeness (QED) is 0.445. The van der Waals surface area contributed by atoms with Gasteiger partial charge in [0.25, 0.3) is 0 Å². The van der Waals surface area contributed by atoms with Crippen molar-refractivity contribution in [3.05, 3.63) is 51.7 Å². The minimum atomic E-state index is 0.204. The molecule has 1 N–H and O–H groups in total. The molecule has 1 aromatic carbocycles. The van der Waals surface area contributed by atoms with Crippen molar-refractivity contribution < 1.29 is 4.79 Å². The van der Waals surface area contributed by atoms with Crippen LogP contribution in [0.3, 0.4) is 0 Å². The number of fused-ring (bicyclic) bond motifs is 1. The second-order valence-electron chi connectivity index (χ2n) is 6.86. The maximum Gasteiger partial charge on any atom is 0.224 e. The lowest BCUT2D eigenvalue weighted by atomic mass is 10.1. The standard InChI is InChI=1S/C21H28N4OS2/c1-22-21(24(2)14-16-4-6-18(27-3)7-5-16)23-11-8-20(26)25-12-9-19-17(15-25)10-13-28-19/h4-7,10,13H,8-9,11-12,14-15H2,1-3H3,(H,22,23).